The van der Waals surface area contributed by atoms with E-state index in [2.05, 4.69) is 31.9 Å². The summed E-state index contributed by atoms with van der Waals surface area (Å²) in [5.74, 6) is 1.09. The Morgan fingerprint density at radius 1 is 0.714 bits per heavy atom. The summed E-state index contributed by atoms with van der Waals surface area (Å²) >= 11 is 6.79. The fraction of sp³-hybridized carbons (Fsp3) is 0.300. The standard InChI is InChI=1S/C20H20Br2N2O4/c21-15-5-1-3-7-17(15)27-13-19(25)23-9-11-24(12-10-23)20(26)14-28-18-8-4-2-6-16(18)22/h1-8H,9-14H2. The highest BCUT2D eigenvalue weighted by atomic mass is 79.9. The lowest BCUT2D eigenvalue weighted by Crippen LogP contribution is -2.52. The summed E-state index contributed by atoms with van der Waals surface area (Å²) in [6.07, 6.45) is 0. The maximum atomic E-state index is 12.4. The molecule has 1 aliphatic rings. The van der Waals surface area contributed by atoms with Gasteiger partial charge in [0.1, 0.15) is 11.5 Å². The average Bonchev–Trinajstić information content (AvgIpc) is 2.72. The summed E-state index contributed by atoms with van der Waals surface area (Å²) in [7, 11) is 0. The van der Waals surface area contributed by atoms with E-state index in [4.69, 9.17) is 9.47 Å². The van der Waals surface area contributed by atoms with Crippen molar-refractivity contribution in [1.82, 2.24) is 9.80 Å². The molecular formula is C20H20Br2N2O4. The zero-order valence-corrected chi connectivity index (χ0v) is 18.3. The number of amides is 2. The van der Waals surface area contributed by atoms with Gasteiger partial charge in [-0.3, -0.25) is 9.59 Å². The molecule has 0 bridgehead atoms. The number of piperazine rings is 1. The number of para-hydroxylation sites is 2. The van der Waals surface area contributed by atoms with E-state index in [0.29, 0.717) is 37.7 Å². The predicted molar refractivity (Wildman–Crippen MR) is 112 cm³/mol. The van der Waals surface area contributed by atoms with Crippen LogP contribution < -0.4 is 9.47 Å². The second-order valence-electron chi connectivity index (χ2n) is 6.20. The van der Waals surface area contributed by atoms with Gasteiger partial charge in [-0.1, -0.05) is 24.3 Å². The van der Waals surface area contributed by atoms with Crippen LogP contribution in [0.25, 0.3) is 0 Å². The van der Waals surface area contributed by atoms with Crippen LogP contribution in [0.15, 0.2) is 57.5 Å². The van der Waals surface area contributed by atoms with Gasteiger partial charge in [-0.25, -0.2) is 0 Å². The maximum absolute atomic E-state index is 12.4. The largest absolute Gasteiger partial charge is 0.483 e. The molecule has 2 aromatic carbocycles. The summed E-state index contributed by atoms with van der Waals surface area (Å²) in [4.78, 5) is 28.2. The molecule has 2 aromatic rings. The molecule has 8 heteroatoms. The molecule has 0 atom stereocenters. The quantitative estimate of drug-likeness (QED) is 0.596. The Morgan fingerprint density at radius 3 is 1.43 bits per heavy atom. The first-order chi connectivity index (χ1) is 13.5. The lowest BCUT2D eigenvalue weighted by molar-refractivity contribution is -0.141. The van der Waals surface area contributed by atoms with Crippen LogP contribution in [0.3, 0.4) is 0 Å². The van der Waals surface area contributed by atoms with Gasteiger partial charge in [0.05, 0.1) is 8.95 Å². The van der Waals surface area contributed by atoms with Crippen molar-refractivity contribution in [2.24, 2.45) is 0 Å². The molecule has 3 rings (SSSR count). The highest BCUT2D eigenvalue weighted by molar-refractivity contribution is 9.10. The summed E-state index contributed by atoms with van der Waals surface area (Å²) in [5, 5.41) is 0. The molecule has 0 aliphatic carbocycles. The van der Waals surface area contributed by atoms with Crippen LogP contribution in [0.2, 0.25) is 0 Å². The lowest BCUT2D eigenvalue weighted by Gasteiger charge is -2.34. The van der Waals surface area contributed by atoms with Gasteiger partial charge in [0.25, 0.3) is 11.8 Å². The molecule has 0 aromatic heterocycles. The number of nitrogens with zero attached hydrogens (tertiary/aromatic N) is 2. The summed E-state index contributed by atoms with van der Waals surface area (Å²) < 4.78 is 12.8. The molecule has 0 saturated carbocycles. The molecule has 0 unspecified atom stereocenters. The monoisotopic (exact) mass is 510 g/mol. The number of hydrogen-bond donors (Lipinski definition) is 0. The molecule has 0 spiro atoms. The molecule has 0 radical (unpaired) electrons. The third kappa shape index (κ3) is 5.48. The Kier molecular flexibility index (Phi) is 7.33. The van der Waals surface area contributed by atoms with Crippen LogP contribution in [0.5, 0.6) is 11.5 Å². The van der Waals surface area contributed by atoms with E-state index in [9.17, 15) is 9.59 Å². The van der Waals surface area contributed by atoms with Crippen LogP contribution in [0.1, 0.15) is 0 Å². The van der Waals surface area contributed by atoms with Gasteiger partial charge in [0, 0.05) is 26.2 Å². The lowest BCUT2D eigenvalue weighted by atomic mass is 10.3. The molecule has 1 heterocycles. The first-order valence-electron chi connectivity index (χ1n) is 8.85. The van der Waals surface area contributed by atoms with E-state index in [1.807, 2.05) is 36.4 Å². The number of rotatable bonds is 6. The van der Waals surface area contributed by atoms with E-state index < -0.39 is 0 Å². The highest BCUT2D eigenvalue weighted by Gasteiger charge is 2.24. The van der Waals surface area contributed by atoms with Crippen molar-refractivity contribution in [1.29, 1.82) is 0 Å². The van der Waals surface area contributed by atoms with Gasteiger partial charge in [0.2, 0.25) is 0 Å². The zero-order chi connectivity index (χ0) is 19.9. The molecule has 1 fully saturated rings. The van der Waals surface area contributed by atoms with Crippen LogP contribution in [-0.2, 0) is 9.59 Å². The Morgan fingerprint density at radius 2 is 1.07 bits per heavy atom. The SMILES string of the molecule is O=C(COc1ccccc1Br)N1CCN(C(=O)COc2ccccc2Br)CC1. The third-order valence-corrected chi connectivity index (χ3v) is 5.67. The molecule has 6 nitrogen and oxygen atoms in total. The minimum Gasteiger partial charge on any atom is -0.483 e. The normalized spacial score (nSPS) is 13.9. The smallest absolute Gasteiger partial charge is 0.260 e. The van der Waals surface area contributed by atoms with E-state index in [0.717, 1.165) is 8.95 Å². The predicted octanol–water partition coefficient (Wildman–Crippen LogP) is 3.34. The second kappa shape index (κ2) is 9.93. The first-order valence-corrected chi connectivity index (χ1v) is 10.4. The van der Waals surface area contributed by atoms with Crippen molar-refractivity contribution < 1.29 is 19.1 Å². The number of hydrogen-bond acceptors (Lipinski definition) is 4. The fourth-order valence-corrected chi connectivity index (χ4v) is 3.59. The Balaban J connectivity index is 1.42. The Bertz CT molecular complexity index is 769. The van der Waals surface area contributed by atoms with E-state index in [1.54, 1.807) is 21.9 Å². The number of halogens is 2. The van der Waals surface area contributed by atoms with E-state index in [-0.39, 0.29) is 25.0 Å². The molecule has 0 N–H and O–H groups in total. The zero-order valence-electron chi connectivity index (χ0n) is 15.1. The van der Waals surface area contributed by atoms with Crippen LogP contribution >= 0.6 is 31.9 Å². The van der Waals surface area contributed by atoms with Gasteiger partial charge in [-0.05, 0) is 56.1 Å². The number of benzene rings is 2. The Hall–Kier alpha value is -2.06. The summed E-state index contributed by atoms with van der Waals surface area (Å²) in [6.45, 7) is 1.89. The van der Waals surface area contributed by atoms with Gasteiger partial charge in [0.15, 0.2) is 13.2 Å². The van der Waals surface area contributed by atoms with Gasteiger partial charge in [-0.2, -0.15) is 0 Å². The number of ether oxygens (including phenoxy) is 2. The number of carbonyl (C=O) groups excluding carboxylic acids is 2. The van der Waals surface area contributed by atoms with Crippen LogP contribution in [-0.4, -0.2) is 61.0 Å². The van der Waals surface area contributed by atoms with Crippen LogP contribution in [0.4, 0.5) is 0 Å². The molecule has 1 aliphatic heterocycles. The van der Waals surface area contributed by atoms with Crippen LogP contribution in [0, 0.1) is 0 Å². The van der Waals surface area contributed by atoms with Crippen molar-refractivity contribution in [3.8, 4) is 11.5 Å². The molecule has 148 valence electrons. The second-order valence-corrected chi connectivity index (χ2v) is 7.91. The molecule has 28 heavy (non-hydrogen) atoms. The van der Waals surface area contributed by atoms with E-state index >= 15 is 0 Å². The fourth-order valence-electron chi connectivity index (χ4n) is 2.79. The minimum absolute atomic E-state index is 0.0261. The molecule has 1 saturated heterocycles. The van der Waals surface area contributed by atoms with Crippen molar-refractivity contribution in [3.05, 3.63) is 57.5 Å². The number of carbonyl (C=O) groups is 2. The summed E-state index contributed by atoms with van der Waals surface area (Å²) in [6, 6.07) is 14.8. The first kappa shape index (κ1) is 20.7. The van der Waals surface area contributed by atoms with Crippen molar-refractivity contribution >= 4 is 43.7 Å². The average molecular weight is 512 g/mol. The minimum atomic E-state index is -0.0904. The molecule has 2 amide bonds. The van der Waals surface area contributed by atoms with Crippen molar-refractivity contribution in [3.63, 3.8) is 0 Å². The van der Waals surface area contributed by atoms with Gasteiger partial charge < -0.3 is 19.3 Å². The topological polar surface area (TPSA) is 59.1 Å². The van der Waals surface area contributed by atoms with Gasteiger partial charge >= 0.3 is 0 Å². The van der Waals surface area contributed by atoms with Gasteiger partial charge in [-0.15, -0.1) is 0 Å². The van der Waals surface area contributed by atoms with Crippen molar-refractivity contribution in [2.75, 3.05) is 39.4 Å². The van der Waals surface area contributed by atoms with E-state index in [1.165, 1.54) is 0 Å². The third-order valence-electron chi connectivity index (χ3n) is 4.36. The highest BCUT2D eigenvalue weighted by Crippen LogP contribution is 2.24. The summed E-state index contributed by atoms with van der Waals surface area (Å²) in [5.41, 5.74) is 0. The molecular weight excluding hydrogens is 492 g/mol. The maximum Gasteiger partial charge on any atom is 0.260 e. The van der Waals surface area contributed by atoms with Crippen molar-refractivity contribution in [2.45, 2.75) is 0 Å². The Labute approximate surface area is 180 Å².